The monoisotopic (exact) mass is 205 g/mol. The van der Waals surface area contributed by atoms with Gasteiger partial charge < -0.3 is 5.73 Å². The molecule has 0 unspecified atom stereocenters. The second-order valence-corrected chi connectivity index (χ2v) is 3.13. The molecule has 0 aliphatic rings. The highest BCUT2D eigenvalue weighted by atomic mass is 32.1. The predicted molar refractivity (Wildman–Crippen MR) is 61.6 cm³/mol. The van der Waals surface area contributed by atoms with Crippen molar-refractivity contribution in [1.82, 2.24) is 0 Å². The summed E-state index contributed by atoms with van der Waals surface area (Å²) >= 11 is 3.97. The molecule has 2 nitrogen and oxygen atoms in total. The molecule has 3 heteroatoms. The number of Topliss-reactive ketones (excluding diaryl/α,β-unsaturated/α-hetero) is 1. The van der Waals surface area contributed by atoms with Gasteiger partial charge in [0.2, 0.25) is 0 Å². The first-order chi connectivity index (χ1) is 6.65. The topological polar surface area (TPSA) is 43.1 Å². The molecule has 0 saturated heterocycles. The van der Waals surface area contributed by atoms with Crippen molar-refractivity contribution < 1.29 is 4.79 Å². The van der Waals surface area contributed by atoms with Crippen LogP contribution < -0.4 is 5.73 Å². The first-order valence-electron chi connectivity index (χ1n) is 4.15. The molecule has 2 N–H and O–H groups in total. The molecule has 1 aromatic carbocycles. The number of rotatable bonds is 1. The third-order valence-electron chi connectivity index (χ3n) is 1.76. The van der Waals surface area contributed by atoms with Crippen molar-refractivity contribution >= 4 is 24.1 Å². The summed E-state index contributed by atoms with van der Waals surface area (Å²) in [4.78, 5) is 11.0. The van der Waals surface area contributed by atoms with E-state index in [0.29, 0.717) is 17.0 Å². The summed E-state index contributed by atoms with van der Waals surface area (Å²) in [5.74, 6) is 6.17. The zero-order chi connectivity index (χ0) is 10.6. The van der Waals surface area contributed by atoms with Crippen LogP contribution >= 0.6 is 12.6 Å². The van der Waals surface area contributed by atoms with Crippen LogP contribution in [0, 0.1) is 11.8 Å². The van der Waals surface area contributed by atoms with Crippen molar-refractivity contribution in [1.29, 1.82) is 0 Å². The van der Waals surface area contributed by atoms with E-state index in [1.54, 1.807) is 18.2 Å². The summed E-state index contributed by atoms with van der Waals surface area (Å²) in [5, 5.41) is 0. The Balaban J connectivity index is 3.07. The average Bonchev–Trinajstić information content (AvgIpc) is 2.15. The van der Waals surface area contributed by atoms with Gasteiger partial charge in [0, 0.05) is 16.8 Å². The fraction of sp³-hybridized carbons (Fsp3) is 0.182. The number of carbonyl (C=O) groups is 1. The molecule has 0 bridgehead atoms. The van der Waals surface area contributed by atoms with Crippen LogP contribution in [-0.4, -0.2) is 11.5 Å². The van der Waals surface area contributed by atoms with Gasteiger partial charge in [-0.25, -0.2) is 0 Å². The first kappa shape index (κ1) is 10.7. The SMILES string of the molecule is CC(=O)c1ccc(C#CCS)c(N)c1. The number of benzene rings is 1. The second kappa shape index (κ2) is 4.73. The highest BCUT2D eigenvalue weighted by Gasteiger charge is 2.01. The molecular weight excluding hydrogens is 194 g/mol. The zero-order valence-electron chi connectivity index (χ0n) is 7.87. The molecule has 0 radical (unpaired) electrons. The van der Waals surface area contributed by atoms with Crippen LogP contribution in [0.5, 0.6) is 0 Å². The van der Waals surface area contributed by atoms with Gasteiger partial charge >= 0.3 is 0 Å². The number of ketones is 1. The Hall–Kier alpha value is -1.40. The van der Waals surface area contributed by atoms with E-state index in [4.69, 9.17) is 5.73 Å². The van der Waals surface area contributed by atoms with Gasteiger partial charge in [-0.1, -0.05) is 17.9 Å². The molecule has 1 rings (SSSR count). The van der Waals surface area contributed by atoms with Crippen LogP contribution in [0.1, 0.15) is 22.8 Å². The highest BCUT2D eigenvalue weighted by Crippen LogP contribution is 2.13. The highest BCUT2D eigenvalue weighted by molar-refractivity contribution is 7.80. The molecule has 1 aromatic rings. The van der Waals surface area contributed by atoms with E-state index in [1.165, 1.54) is 6.92 Å². The molecule has 0 aromatic heterocycles. The number of anilines is 1. The van der Waals surface area contributed by atoms with Gasteiger partial charge in [0.1, 0.15) is 0 Å². The Kier molecular flexibility index (Phi) is 3.61. The van der Waals surface area contributed by atoms with Crippen molar-refractivity contribution in [2.45, 2.75) is 6.92 Å². The van der Waals surface area contributed by atoms with Gasteiger partial charge in [-0.15, -0.1) is 0 Å². The molecule has 0 spiro atoms. The van der Waals surface area contributed by atoms with Gasteiger partial charge in [0.15, 0.2) is 5.78 Å². The molecule has 0 fully saturated rings. The Morgan fingerprint density at radius 2 is 2.29 bits per heavy atom. The van der Waals surface area contributed by atoms with Crippen molar-refractivity contribution in [3.8, 4) is 11.8 Å². The van der Waals surface area contributed by atoms with Crippen molar-refractivity contribution in [3.05, 3.63) is 29.3 Å². The van der Waals surface area contributed by atoms with E-state index in [-0.39, 0.29) is 5.78 Å². The maximum atomic E-state index is 11.0. The van der Waals surface area contributed by atoms with E-state index in [0.717, 1.165) is 5.56 Å². The van der Waals surface area contributed by atoms with Crippen molar-refractivity contribution in [3.63, 3.8) is 0 Å². The fourth-order valence-corrected chi connectivity index (χ4v) is 1.11. The van der Waals surface area contributed by atoms with Crippen LogP contribution in [0.15, 0.2) is 18.2 Å². The molecule has 14 heavy (non-hydrogen) atoms. The van der Waals surface area contributed by atoms with E-state index < -0.39 is 0 Å². The number of nitrogen functional groups attached to an aromatic ring is 1. The van der Waals surface area contributed by atoms with Crippen molar-refractivity contribution in [2.24, 2.45) is 0 Å². The predicted octanol–water partition coefficient (Wildman–Crippen LogP) is 1.75. The molecule has 0 aliphatic carbocycles. The summed E-state index contributed by atoms with van der Waals surface area (Å²) in [6, 6.07) is 5.12. The molecule has 0 amide bonds. The Morgan fingerprint density at radius 3 is 2.79 bits per heavy atom. The molecule has 0 aliphatic heterocycles. The largest absolute Gasteiger partial charge is 0.398 e. The number of thiol groups is 1. The molecule has 0 atom stereocenters. The molecule has 0 heterocycles. The maximum Gasteiger partial charge on any atom is 0.159 e. The Bertz CT molecular complexity index is 415. The minimum atomic E-state index is 0.00500. The summed E-state index contributed by atoms with van der Waals surface area (Å²) in [6.45, 7) is 1.51. The molecule has 0 saturated carbocycles. The second-order valence-electron chi connectivity index (χ2n) is 2.82. The lowest BCUT2D eigenvalue weighted by atomic mass is 10.1. The van der Waals surface area contributed by atoms with Crippen LogP contribution in [-0.2, 0) is 0 Å². The van der Waals surface area contributed by atoms with E-state index >= 15 is 0 Å². The lowest BCUT2D eigenvalue weighted by Crippen LogP contribution is -1.96. The van der Waals surface area contributed by atoms with Crippen LogP contribution in [0.3, 0.4) is 0 Å². The van der Waals surface area contributed by atoms with Crippen LogP contribution in [0.2, 0.25) is 0 Å². The fourth-order valence-electron chi connectivity index (χ4n) is 1.03. The summed E-state index contributed by atoms with van der Waals surface area (Å²) in [5.41, 5.74) is 7.60. The lowest BCUT2D eigenvalue weighted by Gasteiger charge is -2.00. The quantitative estimate of drug-likeness (QED) is 0.317. The smallest absolute Gasteiger partial charge is 0.159 e. The van der Waals surface area contributed by atoms with Gasteiger partial charge in [-0.05, 0) is 19.1 Å². The van der Waals surface area contributed by atoms with Crippen molar-refractivity contribution in [2.75, 3.05) is 11.5 Å². The third kappa shape index (κ3) is 2.54. The van der Waals surface area contributed by atoms with E-state index in [9.17, 15) is 4.79 Å². The van der Waals surface area contributed by atoms with Crippen LogP contribution in [0.25, 0.3) is 0 Å². The number of nitrogens with two attached hydrogens (primary N) is 1. The zero-order valence-corrected chi connectivity index (χ0v) is 8.77. The van der Waals surface area contributed by atoms with Crippen LogP contribution in [0.4, 0.5) is 5.69 Å². The Labute approximate surface area is 88.9 Å². The van der Waals surface area contributed by atoms with Gasteiger partial charge in [-0.3, -0.25) is 4.79 Å². The van der Waals surface area contributed by atoms with Gasteiger partial charge in [-0.2, -0.15) is 12.6 Å². The summed E-state index contributed by atoms with van der Waals surface area (Å²) in [7, 11) is 0. The van der Waals surface area contributed by atoms with E-state index in [2.05, 4.69) is 24.5 Å². The maximum absolute atomic E-state index is 11.0. The Morgan fingerprint density at radius 1 is 1.57 bits per heavy atom. The minimum absolute atomic E-state index is 0.00500. The summed E-state index contributed by atoms with van der Waals surface area (Å²) < 4.78 is 0. The van der Waals surface area contributed by atoms with Gasteiger partial charge in [0.05, 0.1) is 5.75 Å². The third-order valence-corrected chi connectivity index (χ3v) is 1.92. The normalized spacial score (nSPS) is 9.00. The standard InChI is InChI=1S/C11H11NOS/c1-8(13)10-5-4-9(3-2-6-14)11(12)7-10/h4-5,7,14H,6,12H2,1H3. The molecule has 72 valence electrons. The average molecular weight is 205 g/mol. The number of hydrogen-bond donors (Lipinski definition) is 2. The van der Waals surface area contributed by atoms with Gasteiger partial charge in [0.25, 0.3) is 0 Å². The summed E-state index contributed by atoms with van der Waals surface area (Å²) in [6.07, 6.45) is 0. The first-order valence-corrected chi connectivity index (χ1v) is 4.78. The lowest BCUT2D eigenvalue weighted by molar-refractivity contribution is 0.101. The number of hydrogen-bond acceptors (Lipinski definition) is 3. The van der Waals surface area contributed by atoms with E-state index in [1.807, 2.05) is 0 Å². The number of carbonyl (C=O) groups excluding carboxylic acids is 1. The molecular formula is C11H11NOS. The minimum Gasteiger partial charge on any atom is -0.398 e.